The van der Waals surface area contributed by atoms with E-state index in [0.717, 1.165) is 24.1 Å². The third-order valence-corrected chi connectivity index (χ3v) is 6.40. The molecule has 2 aromatic rings. The number of methoxy groups -OCH3 is 1. The van der Waals surface area contributed by atoms with Gasteiger partial charge in [0.15, 0.2) is 5.84 Å². The third-order valence-electron chi connectivity index (χ3n) is 4.76. The first-order valence-corrected chi connectivity index (χ1v) is 10.4. The molecule has 2 aliphatic rings. The molecule has 6 nitrogen and oxygen atoms in total. The second-order valence-electron chi connectivity index (χ2n) is 6.51. The number of hydrogen-bond donors (Lipinski definition) is 0. The number of sulfonamides is 1. The monoisotopic (exact) mass is 403 g/mol. The van der Waals surface area contributed by atoms with Crippen molar-refractivity contribution in [2.24, 2.45) is 9.50 Å². The first-order valence-electron chi connectivity index (χ1n) is 8.55. The van der Waals surface area contributed by atoms with Gasteiger partial charge in [-0.15, -0.1) is 4.40 Å². The maximum Gasteiger partial charge on any atom is 0.285 e. The summed E-state index contributed by atoms with van der Waals surface area (Å²) in [6, 6.07) is 12.4. The Kier molecular flexibility index (Phi) is 4.44. The summed E-state index contributed by atoms with van der Waals surface area (Å²) in [5, 5.41) is 6.98. The Bertz CT molecular complexity index is 1080. The Morgan fingerprint density at radius 2 is 2.00 bits per heavy atom. The van der Waals surface area contributed by atoms with Crippen LogP contribution in [-0.4, -0.2) is 38.1 Å². The van der Waals surface area contributed by atoms with Crippen molar-refractivity contribution in [3.8, 4) is 5.75 Å². The summed E-state index contributed by atoms with van der Waals surface area (Å²) >= 11 is 6.12. The average molecular weight is 404 g/mol. The van der Waals surface area contributed by atoms with Crippen LogP contribution < -0.4 is 4.74 Å². The minimum absolute atomic E-state index is 0.0306. The standard InChI is InChI=1S/C19H18ClN3O3S/c1-12-7-10-16(13-8-9-15(20)17(11-13)26-2)21-23(12)19-14-5-3-4-6-18(14)27(24,25)22-19/h3-6,8-9,11-12H,7,10H2,1-2H3. The Morgan fingerprint density at radius 3 is 2.78 bits per heavy atom. The number of amidine groups is 1. The summed E-state index contributed by atoms with van der Waals surface area (Å²) in [6.07, 6.45) is 1.59. The lowest BCUT2D eigenvalue weighted by molar-refractivity contribution is 0.316. The van der Waals surface area contributed by atoms with Gasteiger partial charge < -0.3 is 4.74 Å². The molecule has 0 spiro atoms. The predicted molar refractivity (Wildman–Crippen MR) is 105 cm³/mol. The smallest absolute Gasteiger partial charge is 0.285 e. The third kappa shape index (κ3) is 3.11. The number of hydrazone groups is 1. The Hall–Kier alpha value is -2.38. The van der Waals surface area contributed by atoms with Gasteiger partial charge in [-0.1, -0.05) is 29.8 Å². The molecule has 0 radical (unpaired) electrons. The van der Waals surface area contributed by atoms with E-state index < -0.39 is 10.0 Å². The molecule has 0 fully saturated rings. The van der Waals surface area contributed by atoms with Gasteiger partial charge in [0.2, 0.25) is 0 Å². The number of halogens is 1. The summed E-state index contributed by atoms with van der Waals surface area (Å²) in [7, 11) is -2.12. The molecule has 8 heteroatoms. The van der Waals surface area contributed by atoms with Crippen LogP contribution in [0.3, 0.4) is 0 Å². The van der Waals surface area contributed by atoms with Crippen molar-refractivity contribution in [3.05, 3.63) is 58.6 Å². The van der Waals surface area contributed by atoms with Crippen LogP contribution in [0.1, 0.15) is 30.9 Å². The van der Waals surface area contributed by atoms with E-state index in [9.17, 15) is 8.42 Å². The molecule has 0 bridgehead atoms. The van der Waals surface area contributed by atoms with Crippen LogP contribution in [0.2, 0.25) is 5.02 Å². The van der Waals surface area contributed by atoms with Gasteiger partial charge in [-0.25, -0.2) is 5.01 Å². The molecule has 0 N–H and O–H groups in total. The summed E-state index contributed by atoms with van der Waals surface area (Å²) in [4.78, 5) is 0.225. The number of ether oxygens (including phenoxy) is 1. The molecule has 0 saturated heterocycles. The lowest BCUT2D eigenvalue weighted by atomic mass is 10.0. The average Bonchev–Trinajstić information content (AvgIpc) is 2.94. The van der Waals surface area contributed by atoms with Crippen LogP contribution >= 0.6 is 11.6 Å². The van der Waals surface area contributed by atoms with Gasteiger partial charge in [-0.3, -0.25) is 0 Å². The largest absolute Gasteiger partial charge is 0.495 e. The highest BCUT2D eigenvalue weighted by atomic mass is 35.5. The fourth-order valence-corrected chi connectivity index (χ4v) is 4.69. The van der Waals surface area contributed by atoms with Crippen molar-refractivity contribution in [3.63, 3.8) is 0 Å². The minimum Gasteiger partial charge on any atom is -0.495 e. The molecule has 27 heavy (non-hydrogen) atoms. The van der Waals surface area contributed by atoms with Crippen LogP contribution in [0.15, 0.2) is 56.9 Å². The van der Waals surface area contributed by atoms with Crippen LogP contribution in [0, 0.1) is 0 Å². The fraction of sp³-hybridized carbons (Fsp3) is 0.263. The van der Waals surface area contributed by atoms with Crippen LogP contribution in [-0.2, 0) is 10.0 Å². The molecule has 2 heterocycles. The molecule has 0 saturated carbocycles. The second kappa shape index (κ2) is 6.65. The van der Waals surface area contributed by atoms with Crippen molar-refractivity contribution >= 4 is 33.2 Å². The predicted octanol–water partition coefficient (Wildman–Crippen LogP) is 3.69. The Labute approximate surface area is 163 Å². The van der Waals surface area contributed by atoms with Crippen molar-refractivity contribution in [2.75, 3.05) is 7.11 Å². The van der Waals surface area contributed by atoms with Gasteiger partial charge in [0.05, 0.1) is 23.9 Å². The number of fused-ring (bicyclic) bond motifs is 1. The molecule has 140 valence electrons. The van der Waals surface area contributed by atoms with E-state index in [-0.39, 0.29) is 10.9 Å². The molecule has 2 aliphatic heterocycles. The molecule has 0 amide bonds. The van der Waals surface area contributed by atoms with Crippen molar-refractivity contribution < 1.29 is 13.2 Å². The van der Waals surface area contributed by atoms with Gasteiger partial charge in [-0.2, -0.15) is 13.5 Å². The highest BCUT2D eigenvalue weighted by Gasteiger charge is 2.35. The number of rotatable bonds is 2. The van der Waals surface area contributed by atoms with E-state index in [4.69, 9.17) is 21.4 Å². The highest BCUT2D eigenvalue weighted by molar-refractivity contribution is 7.90. The SMILES string of the molecule is COc1cc(C2=NN(C3=NS(=O)(=O)c4ccccc43)C(C)CC2)ccc1Cl. The Balaban J connectivity index is 1.79. The first kappa shape index (κ1) is 18.0. The lowest BCUT2D eigenvalue weighted by Crippen LogP contribution is -2.38. The van der Waals surface area contributed by atoms with Crippen LogP contribution in [0.4, 0.5) is 0 Å². The van der Waals surface area contributed by atoms with Crippen molar-refractivity contribution in [1.82, 2.24) is 5.01 Å². The summed E-state index contributed by atoms with van der Waals surface area (Å²) < 4.78 is 34.1. The van der Waals surface area contributed by atoms with Gasteiger partial charge in [0.25, 0.3) is 10.0 Å². The van der Waals surface area contributed by atoms with E-state index in [2.05, 4.69) is 4.40 Å². The maximum atomic E-state index is 12.4. The number of nitrogens with zero attached hydrogens (tertiary/aromatic N) is 3. The number of hydrogen-bond acceptors (Lipinski definition) is 5. The second-order valence-corrected chi connectivity index (χ2v) is 8.49. The Morgan fingerprint density at radius 1 is 1.22 bits per heavy atom. The minimum atomic E-state index is -3.69. The van der Waals surface area contributed by atoms with E-state index in [1.165, 1.54) is 0 Å². The fourth-order valence-electron chi connectivity index (χ4n) is 3.30. The zero-order valence-corrected chi connectivity index (χ0v) is 16.5. The van der Waals surface area contributed by atoms with E-state index in [0.29, 0.717) is 22.2 Å². The molecule has 1 unspecified atom stereocenters. The van der Waals surface area contributed by atoms with Gasteiger partial charge in [0, 0.05) is 11.1 Å². The molecular formula is C19H18ClN3O3S. The first-order chi connectivity index (χ1) is 12.9. The molecule has 1 atom stereocenters. The van der Waals surface area contributed by atoms with Crippen LogP contribution in [0.25, 0.3) is 0 Å². The molecular weight excluding hydrogens is 386 g/mol. The molecule has 0 aliphatic carbocycles. The summed E-state index contributed by atoms with van der Waals surface area (Å²) in [5.41, 5.74) is 2.32. The van der Waals surface area contributed by atoms with Crippen LogP contribution in [0.5, 0.6) is 5.75 Å². The molecule has 4 rings (SSSR count). The summed E-state index contributed by atoms with van der Waals surface area (Å²) in [5.74, 6) is 0.949. The maximum absolute atomic E-state index is 12.4. The van der Waals surface area contributed by atoms with Crippen molar-refractivity contribution in [2.45, 2.75) is 30.7 Å². The van der Waals surface area contributed by atoms with E-state index in [1.54, 1.807) is 42.5 Å². The van der Waals surface area contributed by atoms with Crippen molar-refractivity contribution in [1.29, 1.82) is 0 Å². The highest BCUT2D eigenvalue weighted by Crippen LogP contribution is 2.32. The number of benzene rings is 2. The zero-order chi connectivity index (χ0) is 19.2. The molecule has 2 aromatic carbocycles. The quantitative estimate of drug-likeness (QED) is 0.766. The normalized spacial score (nSPS) is 20.7. The topological polar surface area (TPSA) is 71.3 Å². The summed E-state index contributed by atoms with van der Waals surface area (Å²) in [6.45, 7) is 2.01. The van der Waals surface area contributed by atoms with Gasteiger partial charge >= 0.3 is 0 Å². The van der Waals surface area contributed by atoms with Gasteiger partial charge in [0.1, 0.15) is 10.6 Å². The van der Waals surface area contributed by atoms with E-state index >= 15 is 0 Å². The molecule has 0 aromatic heterocycles. The lowest BCUT2D eigenvalue weighted by Gasteiger charge is -2.31. The zero-order valence-electron chi connectivity index (χ0n) is 14.9. The van der Waals surface area contributed by atoms with E-state index in [1.807, 2.05) is 19.1 Å². The van der Waals surface area contributed by atoms with Gasteiger partial charge in [-0.05, 0) is 44.0 Å².